The van der Waals surface area contributed by atoms with Gasteiger partial charge < -0.3 is 4.90 Å². The van der Waals surface area contributed by atoms with Crippen molar-refractivity contribution in [2.45, 2.75) is 39.8 Å². The summed E-state index contributed by atoms with van der Waals surface area (Å²) in [5, 5.41) is 7.95. The van der Waals surface area contributed by atoms with E-state index in [-0.39, 0.29) is 5.66 Å². The molecule has 0 aliphatic carbocycles. The third-order valence-corrected chi connectivity index (χ3v) is 3.27. The van der Waals surface area contributed by atoms with Crippen LogP contribution in [0, 0.1) is 0 Å². The predicted octanol–water partition coefficient (Wildman–Crippen LogP) is 1.75. The molecule has 2 heterocycles. The molecule has 1 atom stereocenters. The minimum atomic E-state index is -0.0839. The average molecular weight is 207 g/mol. The predicted molar refractivity (Wildman–Crippen MR) is 59.1 cm³/mol. The fraction of sp³-hybridized carbons (Fsp3) is 0.700. The van der Waals surface area contributed by atoms with Gasteiger partial charge in [-0.05, 0) is 27.2 Å². The van der Waals surface area contributed by atoms with Crippen molar-refractivity contribution < 1.29 is 0 Å². The molecule has 0 spiro atoms. The van der Waals surface area contributed by atoms with Crippen LogP contribution in [0.3, 0.4) is 0 Å². The number of fused-ring (bicyclic) bond motifs is 1. The first kappa shape index (κ1) is 10.1. The number of amidine groups is 1. The molecule has 5 heteroatoms. The molecule has 1 aromatic rings. The lowest BCUT2D eigenvalue weighted by Crippen LogP contribution is -2.52. The van der Waals surface area contributed by atoms with Gasteiger partial charge in [-0.2, -0.15) is 4.99 Å². The fourth-order valence-corrected chi connectivity index (χ4v) is 2.26. The summed E-state index contributed by atoms with van der Waals surface area (Å²) in [5.41, 5.74) is -0.0839. The molecule has 0 bridgehead atoms. The van der Waals surface area contributed by atoms with E-state index in [0.29, 0.717) is 5.95 Å². The summed E-state index contributed by atoms with van der Waals surface area (Å²) in [6, 6.07) is 0. The summed E-state index contributed by atoms with van der Waals surface area (Å²) >= 11 is 0. The van der Waals surface area contributed by atoms with Gasteiger partial charge in [-0.3, -0.25) is 4.57 Å². The van der Waals surface area contributed by atoms with Crippen LogP contribution in [0.1, 0.15) is 34.1 Å². The van der Waals surface area contributed by atoms with E-state index in [1.807, 2.05) is 11.5 Å². The van der Waals surface area contributed by atoms with E-state index in [1.54, 1.807) is 6.33 Å². The molecule has 1 aromatic heterocycles. The van der Waals surface area contributed by atoms with Crippen molar-refractivity contribution in [3.8, 4) is 0 Å². The number of aromatic nitrogens is 3. The van der Waals surface area contributed by atoms with E-state index in [0.717, 1.165) is 18.8 Å². The zero-order valence-corrected chi connectivity index (χ0v) is 9.73. The quantitative estimate of drug-likeness (QED) is 0.742. The van der Waals surface area contributed by atoms with E-state index in [1.165, 1.54) is 0 Å². The van der Waals surface area contributed by atoms with Crippen LogP contribution in [-0.4, -0.2) is 32.0 Å². The van der Waals surface area contributed by atoms with Crippen LogP contribution in [0.2, 0.25) is 0 Å². The zero-order chi connectivity index (χ0) is 11.1. The smallest absolute Gasteiger partial charge is 0.254 e. The van der Waals surface area contributed by atoms with Gasteiger partial charge >= 0.3 is 0 Å². The molecule has 1 aliphatic heterocycles. The monoisotopic (exact) mass is 207 g/mol. The lowest BCUT2D eigenvalue weighted by molar-refractivity contribution is 0.0996. The second-order valence-corrected chi connectivity index (χ2v) is 3.97. The standard InChI is InChI=1S/C10H17N5/c1-5-10(4)14(6-2)8(3)12-9-13-11-7-15(9)10/h7H,5-6H2,1-4H3. The van der Waals surface area contributed by atoms with Gasteiger partial charge in [0.05, 0.1) is 0 Å². The Morgan fingerprint density at radius 1 is 1.40 bits per heavy atom. The zero-order valence-electron chi connectivity index (χ0n) is 9.73. The van der Waals surface area contributed by atoms with E-state index in [4.69, 9.17) is 0 Å². The van der Waals surface area contributed by atoms with Crippen LogP contribution >= 0.6 is 0 Å². The van der Waals surface area contributed by atoms with Crippen molar-refractivity contribution in [2.75, 3.05) is 6.54 Å². The van der Waals surface area contributed by atoms with Gasteiger partial charge in [0.25, 0.3) is 5.95 Å². The Labute approximate surface area is 89.8 Å². The molecule has 0 saturated heterocycles. The second kappa shape index (κ2) is 3.32. The number of hydrogen-bond acceptors (Lipinski definition) is 4. The molecular formula is C10H17N5. The first-order chi connectivity index (χ1) is 7.13. The summed E-state index contributed by atoms with van der Waals surface area (Å²) in [5.74, 6) is 1.73. The van der Waals surface area contributed by atoms with Gasteiger partial charge in [-0.15, -0.1) is 10.2 Å². The molecule has 0 amide bonds. The van der Waals surface area contributed by atoms with Crippen molar-refractivity contribution in [2.24, 2.45) is 4.99 Å². The molecule has 0 saturated carbocycles. The molecule has 0 aromatic carbocycles. The highest BCUT2D eigenvalue weighted by molar-refractivity contribution is 5.83. The normalized spacial score (nSPS) is 25.1. The SMILES string of the molecule is CCN1C(C)=Nc2nncn2C1(C)CC. The number of rotatable bonds is 2. The molecule has 1 aliphatic rings. The Kier molecular flexibility index (Phi) is 2.25. The minimum Gasteiger partial charge on any atom is -0.337 e. The second-order valence-electron chi connectivity index (χ2n) is 3.97. The van der Waals surface area contributed by atoms with E-state index >= 15 is 0 Å². The molecular weight excluding hydrogens is 190 g/mol. The molecule has 82 valence electrons. The van der Waals surface area contributed by atoms with Gasteiger partial charge in [-0.1, -0.05) is 6.92 Å². The van der Waals surface area contributed by atoms with Gasteiger partial charge in [0.15, 0.2) is 0 Å². The third-order valence-electron chi connectivity index (χ3n) is 3.27. The lowest BCUT2D eigenvalue weighted by Gasteiger charge is -2.44. The topological polar surface area (TPSA) is 46.3 Å². The minimum absolute atomic E-state index is 0.0839. The van der Waals surface area contributed by atoms with Crippen LogP contribution < -0.4 is 0 Å². The summed E-state index contributed by atoms with van der Waals surface area (Å²) in [6.45, 7) is 9.47. The molecule has 0 radical (unpaired) electrons. The molecule has 5 nitrogen and oxygen atoms in total. The summed E-state index contributed by atoms with van der Waals surface area (Å²) in [7, 11) is 0. The maximum absolute atomic E-state index is 4.43. The number of nitrogens with zero attached hydrogens (tertiary/aromatic N) is 5. The van der Waals surface area contributed by atoms with Gasteiger partial charge in [-0.25, -0.2) is 0 Å². The van der Waals surface area contributed by atoms with Crippen LogP contribution in [-0.2, 0) is 5.66 Å². The fourth-order valence-electron chi connectivity index (χ4n) is 2.26. The lowest BCUT2D eigenvalue weighted by atomic mass is 10.1. The average Bonchev–Trinajstić information content (AvgIpc) is 2.66. The van der Waals surface area contributed by atoms with Crippen molar-refractivity contribution in [1.29, 1.82) is 0 Å². The van der Waals surface area contributed by atoms with Gasteiger partial charge in [0.2, 0.25) is 0 Å². The molecule has 1 unspecified atom stereocenters. The van der Waals surface area contributed by atoms with Crippen molar-refractivity contribution in [3.05, 3.63) is 6.33 Å². The first-order valence-corrected chi connectivity index (χ1v) is 5.37. The van der Waals surface area contributed by atoms with Crippen LogP contribution in [0.15, 0.2) is 11.3 Å². The van der Waals surface area contributed by atoms with Crippen LogP contribution in [0.4, 0.5) is 5.95 Å². The highest BCUT2D eigenvalue weighted by Crippen LogP contribution is 2.33. The maximum atomic E-state index is 4.43. The Hall–Kier alpha value is -1.39. The Morgan fingerprint density at radius 2 is 2.13 bits per heavy atom. The third kappa shape index (κ3) is 1.26. The Morgan fingerprint density at radius 3 is 2.73 bits per heavy atom. The van der Waals surface area contributed by atoms with E-state index in [9.17, 15) is 0 Å². The Balaban J connectivity index is 2.57. The summed E-state index contributed by atoms with van der Waals surface area (Å²) < 4.78 is 2.05. The highest BCUT2D eigenvalue weighted by Gasteiger charge is 2.37. The molecule has 0 fully saturated rings. The van der Waals surface area contributed by atoms with Crippen molar-refractivity contribution in [1.82, 2.24) is 19.7 Å². The largest absolute Gasteiger partial charge is 0.337 e. The van der Waals surface area contributed by atoms with Gasteiger partial charge in [0, 0.05) is 6.54 Å². The van der Waals surface area contributed by atoms with Crippen LogP contribution in [0.25, 0.3) is 0 Å². The van der Waals surface area contributed by atoms with E-state index in [2.05, 4.69) is 40.9 Å². The van der Waals surface area contributed by atoms with E-state index < -0.39 is 0 Å². The maximum Gasteiger partial charge on any atom is 0.254 e. The molecule has 0 N–H and O–H groups in total. The Bertz CT molecular complexity index is 394. The number of hydrogen-bond donors (Lipinski definition) is 0. The summed E-state index contributed by atoms with van der Waals surface area (Å²) in [6.07, 6.45) is 2.76. The van der Waals surface area contributed by atoms with Crippen molar-refractivity contribution in [3.63, 3.8) is 0 Å². The summed E-state index contributed by atoms with van der Waals surface area (Å²) in [4.78, 5) is 6.71. The number of aliphatic imine (C=N–C) groups is 1. The molecule has 15 heavy (non-hydrogen) atoms. The first-order valence-electron chi connectivity index (χ1n) is 5.37. The van der Waals surface area contributed by atoms with Gasteiger partial charge in [0.1, 0.15) is 17.8 Å². The highest BCUT2D eigenvalue weighted by atomic mass is 15.5. The van der Waals surface area contributed by atoms with Crippen molar-refractivity contribution >= 4 is 11.8 Å². The van der Waals surface area contributed by atoms with Crippen LogP contribution in [0.5, 0.6) is 0 Å². The molecule has 2 rings (SSSR count).